The highest BCUT2D eigenvalue weighted by molar-refractivity contribution is 6.33. The van der Waals surface area contributed by atoms with E-state index in [1.54, 1.807) is 32.0 Å². The summed E-state index contributed by atoms with van der Waals surface area (Å²) in [6, 6.07) is 5.17. The first-order chi connectivity index (χ1) is 7.33. The van der Waals surface area contributed by atoms with Crippen LogP contribution in [-0.4, -0.2) is 12.5 Å². The minimum atomic E-state index is -0.620. The highest BCUT2D eigenvalue weighted by Crippen LogP contribution is 2.25. The van der Waals surface area contributed by atoms with E-state index >= 15 is 0 Å². The van der Waals surface area contributed by atoms with Gasteiger partial charge in [-0.1, -0.05) is 11.6 Å². The first kappa shape index (κ1) is 12.6. The highest BCUT2D eigenvalue weighted by atomic mass is 35.5. The molecule has 0 spiro atoms. The van der Waals surface area contributed by atoms with Crippen LogP contribution in [0.4, 0.5) is 11.4 Å². The molecule has 1 aromatic carbocycles. The molecule has 1 aromatic rings. The van der Waals surface area contributed by atoms with Crippen molar-refractivity contribution in [2.45, 2.75) is 13.8 Å². The second-order valence-corrected chi connectivity index (χ2v) is 4.75. The second kappa shape index (κ2) is 4.61. The van der Waals surface area contributed by atoms with Crippen LogP contribution in [0.25, 0.3) is 0 Å². The summed E-state index contributed by atoms with van der Waals surface area (Å²) in [5.41, 5.74) is 11.6. The van der Waals surface area contributed by atoms with Crippen molar-refractivity contribution in [3.8, 4) is 0 Å². The van der Waals surface area contributed by atoms with Gasteiger partial charge in [0.2, 0.25) is 5.91 Å². The molecule has 0 atom stereocenters. The lowest BCUT2D eigenvalue weighted by atomic mass is 9.93. The van der Waals surface area contributed by atoms with Crippen molar-refractivity contribution >= 4 is 28.9 Å². The number of nitrogens with two attached hydrogens (primary N) is 2. The average Bonchev–Trinajstić information content (AvgIpc) is 2.16. The fourth-order valence-corrected chi connectivity index (χ4v) is 1.33. The molecule has 5 heteroatoms. The number of carbonyl (C=O) groups excluding carboxylic acids is 1. The quantitative estimate of drug-likeness (QED) is 0.704. The number of nitrogens with one attached hydrogen (secondary N) is 1. The van der Waals surface area contributed by atoms with Gasteiger partial charge in [-0.15, -0.1) is 0 Å². The summed E-state index contributed by atoms with van der Waals surface area (Å²) in [5, 5.41) is 3.60. The molecule has 0 fully saturated rings. The van der Waals surface area contributed by atoms with Crippen LogP contribution in [0.15, 0.2) is 18.2 Å². The average molecular weight is 242 g/mol. The third kappa shape index (κ3) is 3.03. The smallest absolute Gasteiger partial charge is 0.224 e. The van der Waals surface area contributed by atoms with Gasteiger partial charge in [-0.25, -0.2) is 0 Å². The van der Waals surface area contributed by atoms with Crippen molar-refractivity contribution in [3.05, 3.63) is 23.2 Å². The molecule has 0 saturated heterocycles. The minimum Gasteiger partial charge on any atom is -0.399 e. The van der Waals surface area contributed by atoms with Crippen molar-refractivity contribution in [1.29, 1.82) is 0 Å². The Labute approximate surface area is 100.0 Å². The van der Waals surface area contributed by atoms with E-state index in [0.717, 1.165) is 5.69 Å². The molecule has 5 N–H and O–H groups in total. The topological polar surface area (TPSA) is 81.1 Å². The van der Waals surface area contributed by atoms with E-state index in [0.29, 0.717) is 17.3 Å². The third-order valence-electron chi connectivity index (χ3n) is 2.38. The van der Waals surface area contributed by atoms with Crippen LogP contribution in [0.1, 0.15) is 13.8 Å². The zero-order valence-corrected chi connectivity index (χ0v) is 10.1. The van der Waals surface area contributed by atoms with Gasteiger partial charge in [0.05, 0.1) is 16.1 Å². The van der Waals surface area contributed by atoms with Crippen LogP contribution in [0.2, 0.25) is 5.02 Å². The largest absolute Gasteiger partial charge is 0.399 e. The molecule has 0 bridgehead atoms. The molecule has 0 aliphatic heterocycles. The number of primary amides is 1. The first-order valence-corrected chi connectivity index (χ1v) is 5.29. The molecule has 88 valence electrons. The Hall–Kier alpha value is -1.42. The molecular formula is C11H16ClN3O. The summed E-state index contributed by atoms with van der Waals surface area (Å²) in [6.45, 7) is 3.97. The predicted octanol–water partition coefficient (Wildman–Crippen LogP) is 1.85. The Morgan fingerprint density at radius 2 is 2.12 bits per heavy atom. The molecule has 0 aliphatic rings. The molecule has 4 nitrogen and oxygen atoms in total. The van der Waals surface area contributed by atoms with Gasteiger partial charge in [0, 0.05) is 12.2 Å². The van der Waals surface area contributed by atoms with E-state index in [2.05, 4.69) is 5.32 Å². The molecule has 1 rings (SSSR count). The van der Waals surface area contributed by atoms with Gasteiger partial charge in [0.15, 0.2) is 0 Å². The van der Waals surface area contributed by atoms with E-state index in [4.69, 9.17) is 23.1 Å². The Bertz CT molecular complexity index is 404. The van der Waals surface area contributed by atoms with Gasteiger partial charge in [-0.05, 0) is 32.0 Å². The van der Waals surface area contributed by atoms with Crippen LogP contribution in [0.5, 0.6) is 0 Å². The number of hydrogen-bond acceptors (Lipinski definition) is 3. The van der Waals surface area contributed by atoms with Gasteiger partial charge in [-0.3, -0.25) is 4.79 Å². The van der Waals surface area contributed by atoms with E-state index in [1.807, 2.05) is 0 Å². The minimum absolute atomic E-state index is 0.355. The van der Waals surface area contributed by atoms with E-state index in [-0.39, 0.29) is 5.91 Å². The molecule has 16 heavy (non-hydrogen) atoms. The van der Waals surface area contributed by atoms with E-state index in [1.165, 1.54) is 0 Å². The zero-order valence-electron chi connectivity index (χ0n) is 9.38. The number of halogens is 1. The second-order valence-electron chi connectivity index (χ2n) is 4.34. The molecular weight excluding hydrogens is 226 g/mol. The summed E-state index contributed by atoms with van der Waals surface area (Å²) in [6.07, 6.45) is 0. The maximum absolute atomic E-state index is 11.1. The van der Waals surface area contributed by atoms with Crippen LogP contribution >= 0.6 is 11.6 Å². The zero-order chi connectivity index (χ0) is 12.3. The fourth-order valence-electron chi connectivity index (χ4n) is 1.08. The molecule has 0 saturated carbocycles. The third-order valence-corrected chi connectivity index (χ3v) is 2.69. The van der Waals surface area contributed by atoms with Crippen LogP contribution in [0, 0.1) is 5.41 Å². The molecule has 0 heterocycles. The number of nitrogen functional groups attached to an aromatic ring is 1. The fraction of sp³-hybridized carbons (Fsp3) is 0.364. The van der Waals surface area contributed by atoms with Crippen molar-refractivity contribution in [2.24, 2.45) is 11.1 Å². The van der Waals surface area contributed by atoms with Gasteiger partial charge >= 0.3 is 0 Å². The van der Waals surface area contributed by atoms with Crippen molar-refractivity contribution in [2.75, 3.05) is 17.6 Å². The summed E-state index contributed by atoms with van der Waals surface area (Å²) >= 11 is 5.98. The number of hydrogen-bond donors (Lipinski definition) is 3. The van der Waals surface area contributed by atoms with Gasteiger partial charge in [-0.2, -0.15) is 0 Å². The number of benzene rings is 1. The first-order valence-electron chi connectivity index (χ1n) is 4.92. The van der Waals surface area contributed by atoms with Crippen LogP contribution in [-0.2, 0) is 4.79 Å². The van der Waals surface area contributed by atoms with Crippen molar-refractivity contribution in [3.63, 3.8) is 0 Å². The van der Waals surface area contributed by atoms with Gasteiger partial charge in [0.1, 0.15) is 0 Å². The maximum atomic E-state index is 11.1. The SMILES string of the molecule is CC(C)(CNc1ccc(N)cc1Cl)C(N)=O. The van der Waals surface area contributed by atoms with Gasteiger partial charge < -0.3 is 16.8 Å². The Kier molecular flexibility index (Phi) is 3.65. The summed E-state index contributed by atoms with van der Waals surface area (Å²) in [5.74, 6) is -0.355. The summed E-state index contributed by atoms with van der Waals surface area (Å²) in [7, 11) is 0. The van der Waals surface area contributed by atoms with Gasteiger partial charge in [0.25, 0.3) is 0 Å². The van der Waals surface area contributed by atoms with Crippen molar-refractivity contribution < 1.29 is 4.79 Å². The van der Waals surface area contributed by atoms with Crippen LogP contribution in [0.3, 0.4) is 0 Å². The predicted molar refractivity (Wildman–Crippen MR) is 67.3 cm³/mol. The molecule has 0 radical (unpaired) electrons. The molecule has 0 unspecified atom stereocenters. The summed E-state index contributed by atoms with van der Waals surface area (Å²) in [4.78, 5) is 11.1. The molecule has 1 amide bonds. The molecule has 0 aromatic heterocycles. The maximum Gasteiger partial charge on any atom is 0.224 e. The molecule has 0 aliphatic carbocycles. The Morgan fingerprint density at radius 3 is 2.62 bits per heavy atom. The highest BCUT2D eigenvalue weighted by Gasteiger charge is 2.24. The number of rotatable bonds is 4. The van der Waals surface area contributed by atoms with E-state index < -0.39 is 5.41 Å². The summed E-state index contributed by atoms with van der Waals surface area (Å²) < 4.78 is 0. The van der Waals surface area contributed by atoms with E-state index in [9.17, 15) is 4.79 Å². The van der Waals surface area contributed by atoms with Crippen molar-refractivity contribution in [1.82, 2.24) is 0 Å². The standard InChI is InChI=1S/C11H16ClN3O/c1-11(2,10(14)16)6-15-9-4-3-7(13)5-8(9)12/h3-5,15H,6,13H2,1-2H3,(H2,14,16). The van der Waals surface area contributed by atoms with Crippen LogP contribution < -0.4 is 16.8 Å². The lowest BCUT2D eigenvalue weighted by Crippen LogP contribution is -2.37. The lowest BCUT2D eigenvalue weighted by molar-refractivity contribution is -0.125. The lowest BCUT2D eigenvalue weighted by Gasteiger charge is -2.21. The monoisotopic (exact) mass is 241 g/mol. The number of carbonyl (C=O) groups is 1. The normalized spacial score (nSPS) is 11.2. The number of anilines is 2. The Balaban J connectivity index is 2.72. The Morgan fingerprint density at radius 1 is 1.50 bits per heavy atom. The number of amides is 1.